The first kappa shape index (κ1) is 21.2. The summed E-state index contributed by atoms with van der Waals surface area (Å²) >= 11 is 1.12. The van der Waals surface area contributed by atoms with E-state index in [1.807, 2.05) is 0 Å². The Kier molecular flexibility index (Phi) is 5.43. The Labute approximate surface area is 180 Å². The van der Waals surface area contributed by atoms with Gasteiger partial charge in [0.05, 0.1) is 16.5 Å². The van der Waals surface area contributed by atoms with E-state index in [2.05, 4.69) is 19.9 Å². The van der Waals surface area contributed by atoms with Gasteiger partial charge in [0.2, 0.25) is 0 Å². The van der Waals surface area contributed by atoms with Gasteiger partial charge in [0.15, 0.2) is 5.65 Å². The highest BCUT2D eigenvalue weighted by atomic mass is 32.2. The second-order valence-electron chi connectivity index (χ2n) is 6.73. The van der Waals surface area contributed by atoms with Crippen molar-refractivity contribution in [2.45, 2.75) is 24.9 Å². The number of alkyl halides is 3. The Balaban J connectivity index is 1.83. The number of rotatable bonds is 4. The van der Waals surface area contributed by atoms with E-state index in [4.69, 9.17) is 0 Å². The lowest BCUT2D eigenvalue weighted by Gasteiger charge is -2.14. The Hall–Kier alpha value is -2.99. The molecule has 4 rings (SSSR count). The molecule has 0 bridgehead atoms. The molecule has 1 aromatic carbocycles. The fourth-order valence-corrected chi connectivity index (χ4v) is 5.11. The second-order valence-corrected chi connectivity index (χ2v) is 9.15. The highest BCUT2D eigenvalue weighted by Gasteiger charge is 2.31. The minimum atomic E-state index is -4.57. The van der Waals surface area contributed by atoms with E-state index >= 15 is 0 Å². The van der Waals surface area contributed by atoms with E-state index in [-0.39, 0.29) is 15.2 Å². The molecule has 0 saturated carbocycles. The molecule has 31 heavy (non-hydrogen) atoms. The van der Waals surface area contributed by atoms with Crippen LogP contribution in [0.4, 0.5) is 13.2 Å². The minimum Gasteiger partial charge on any atom is -0.267 e. The summed E-state index contributed by atoms with van der Waals surface area (Å²) in [5, 5.41) is 0.519. The van der Waals surface area contributed by atoms with Crippen LogP contribution >= 0.6 is 11.3 Å². The highest BCUT2D eigenvalue weighted by molar-refractivity contribution is 7.85. The predicted molar refractivity (Wildman–Crippen MR) is 111 cm³/mol. The molecule has 3 aromatic heterocycles. The summed E-state index contributed by atoms with van der Waals surface area (Å²) in [6, 6.07) is 2.96. The molecule has 0 aliphatic heterocycles. The van der Waals surface area contributed by atoms with Gasteiger partial charge in [-0.15, -0.1) is 11.3 Å². The Bertz CT molecular complexity index is 1370. The number of hydrogen-bond acceptors (Lipinski definition) is 7. The van der Waals surface area contributed by atoms with Crippen LogP contribution in [-0.2, 0) is 10.8 Å². The molecule has 1 atom stereocenters. The first-order valence-electron chi connectivity index (χ1n) is 8.84. The third-order valence-electron chi connectivity index (χ3n) is 4.42. The van der Waals surface area contributed by atoms with Gasteiger partial charge < -0.3 is 0 Å². The number of aryl methyl sites for hydroxylation is 2. The van der Waals surface area contributed by atoms with Gasteiger partial charge >= 0.3 is 6.18 Å². The maximum Gasteiger partial charge on any atom is 0.400 e. The molecule has 0 spiro atoms. The molecule has 4 aromatic rings. The molecule has 7 nitrogen and oxygen atoms in total. The van der Waals surface area contributed by atoms with Crippen LogP contribution in [0.3, 0.4) is 0 Å². The Morgan fingerprint density at radius 1 is 1.13 bits per heavy atom. The third-order valence-corrected chi connectivity index (χ3v) is 7.02. The number of halogens is 3. The van der Waals surface area contributed by atoms with Crippen LogP contribution in [0.5, 0.6) is 0 Å². The molecule has 0 aliphatic carbocycles. The van der Waals surface area contributed by atoms with Crippen molar-refractivity contribution in [3.05, 3.63) is 58.7 Å². The number of nitrogens with zero attached hydrogens (tertiary/aromatic N) is 5. The van der Waals surface area contributed by atoms with Crippen molar-refractivity contribution in [2.24, 2.45) is 0 Å². The van der Waals surface area contributed by atoms with E-state index in [0.717, 1.165) is 11.3 Å². The van der Waals surface area contributed by atoms with Crippen molar-refractivity contribution in [1.82, 2.24) is 24.5 Å². The van der Waals surface area contributed by atoms with Gasteiger partial charge in [-0.25, -0.2) is 19.9 Å². The molecule has 0 N–H and O–H groups in total. The van der Waals surface area contributed by atoms with Gasteiger partial charge in [0.25, 0.3) is 5.56 Å². The molecule has 0 amide bonds. The Morgan fingerprint density at radius 3 is 2.52 bits per heavy atom. The number of hydrogen-bond donors (Lipinski definition) is 0. The van der Waals surface area contributed by atoms with Crippen molar-refractivity contribution in [2.75, 3.05) is 5.75 Å². The van der Waals surface area contributed by atoms with E-state index < -0.39 is 28.3 Å². The average molecular weight is 465 g/mol. The number of benzene rings is 1. The number of fused-ring (bicyclic) bond motifs is 1. The SMILES string of the molecule is Cc1cc(C)c(S(=O)CC(F)(F)F)cc1-n1cnc2nc(-c3cncnc3)sc2c1=O. The third kappa shape index (κ3) is 4.26. The molecular weight excluding hydrogens is 451 g/mol. The Morgan fingerprint density at radius 2 is 1.84 bits per heavy atom. The molecule has 3 heterocycles. The van der Waals surface area contributed by atoms with Crippen molar-refractivity contribution in [3.63, 3.8) is 0 Å². The first-order chi connectivity index (χ1) is 14.6. The van der Waals surface area contributed by atoms with Crippen molar-refractivity contribution in [3.8, 4) is 16.3 Å². The average Bonchev–Trinajstić information content (AvgIpc) is 3.14. The number of aromatic nitrogens is 5. The summed E-state index contributed by atoms with van der Waals surface area (Å²) in [4.78, 5) is 29.6. The van der Waals surface area contributed by atoms with E-state index in [1.54, 1.807) is 32.3 Å². The van der Waals surface area contributed by atoms with Crippen LogP contribution in [-0.4, -0.2) is 40.6 Å². The molecular formula is C19H14F3N5O2S2. The summed E-state index contributed by atoms with van der Waals surface area (Å²) in [6.45, 7) is 3.30. The highest BCUT2D eigenvalue weighted by Crippen LogP contribution is 2.28. The normalized spacial score (nSPS) is 12.9. The first-order valence-corrected chi connectivity index (χ1v) is 11.0. The zero-order chi connectivity index (χ0) is 22.3. The maximum atomic E-state index is 13.1. The summed E-state index contributed by atoms with van der Waals surface area (Å²) < 4.78 is 52.0. The van der Waals surface area contributed by atoms with Crippen molar-refractivity contribution < 1.29 is 17.4 Å². The van der Waals surface area contributed by atoms with Crippen LogP contribution in [0, 0.1) is 13.8 Å². The quantitative estimate of drug-likeness (QED) is 0.458. The lowest BCUT2D eigenvalue weighted by molar-refractivity contribution is -0.105. The van der Waals surface area contributed by atoms with Gasteiger partial charge in [-0.3, -0.25) is 13.6 Å². The minimum absolute atomic E-state index is 0.0244. The molecule has 0 saturated heterocycles. The van der Waals surface area contributed by atoms with Gasteiger partial charge in [0, 0.05) is 22.9 Å². The van der Waals surface area contributed by atoms with Crippen molar-refractivity contribution >= 4 is 32.5 Å². The summed E-state index contributed by atoms with van der Waals surface area (Å²) in [5.74, 6) is -1.46. The molecule has 0 radical (unpaired) electrons. The van der Waals surface area contributed by atoms with Gasteiger partial charge in [-0.1, -0.05) is 6.07 Å². The van der Waals surface area contributed by atoms with Crippen LogP contribution < -0.4 is 5.56 Å². The number of thiazole rings is 1. The smallest absolute Gasteiger partial charge is 0.267 e. The fraction of sp³-hybridized carbons (Fsp3) is 0.211. The van der Waals surface area contributed by atoms with Crippen LogP contribution in [0.1, 0.15) is 11.1 Å². The monoisotopic (exact) mass is 465 g/mol. The fourth-order valence-electron chi connectivity index (χ4n) is 3.07. The second kappa shape index (κ2) is 7.93. The summed E-state index contributed by atoms with van der Waals surface area (Å²) in [5.41, 5.74) is 1.85. The topological polar surface area (TPSA) is 90.6 Å². The molecule has 160 valence electrons. The van der Waals surface area contributed by atoms with Crippen LogP contribution in [0.15, 0.2) is 46.9 Å². The van der Waals surface area contributed by atoms with E-state index in [0.29, 0.717) is 27.4 Å². The standard InChI is InChI=1S/C19H14F3N5O2S2/c1-10-3-11(2)14(31(29)7-19(20,21)22)4-13(10)27-9-25-16-15(18(27)28)30-17(26-16)12-5-23-8-24-6-12/h3-6,8-9H,7H2,1-2H3. The molecule has 12 heteroatoms. The summed E-state index contributed by atoms with van der Waals surface area (Å²) in [7, 11) is -2.30. The largest absolute Gasteiger partial charge is 0.400 e. The lowest BCUT2D eigenvalue weighted by atomic mass is 10.1. The van der Waals surface area contributed by atoms with Crippen LogP contribution in [0.25, 0.3) is 26.6 Å². The van der Waals surface area contributed by atoms with Crippen molar-refractivity contribution in [1.29, 1.82) is 0 Å². The van der Waals surface area contributed by atoms with Crippen LogP contribution in [0.2, 0.25) is 0 Å². The van der Waals surface area contributed by atoms with Gasteiger partial charge in [0.1, 0.15) is 28.1 Å². The zero-order valence-corrected chi connectivity index (χ0v) is 17.8. The molecule has 0 aliphatic rings. The van der Waals surface area contributed by atoms with Gasteiger partial charge in [-0.05, 0) is 31.0 Å². The maximum absolute atomic E-state index is 13.1. The van der Waals surface area contributed by atoms with E-state index in [9.17, 15) is 22.2 Å². The predicted octanol–water partition coefficient (Wildman–Crippen LogP) is 3.59. The lowest BCUT2D eigenvalue weighted by Crippen LogP contribution is -2.21. The van der Waals surface area contributed by atoms with Gasteiger partial charge in [-0.2, -0.15) is 13.2 Å². The summed E-state index contributed by atoms with van der Waals surface area (Å²) in [6.07, 6.45) is 1.21. The molecule has 0 fully saturated rings. The molecule has 1 unspecified atom stereocenters. The zero-order valence-electron chi connectivity index (χ0n) is 16.2. The van der Waals surface area contributed by atoms with E-state index in [1.165, 1.54) is 23.3 Å².